The molecule has 0 radical (unpaired) electrons. The molecule has 234 valence electrons. The highest BCUT2D eigenvalue weighted by Gasteiger charge is 2.23. The smallest absolute Gasteiger partial charge is 0.338 e. The summed E-state index contributed by atoms with van der Waals surface area (Å²) in [4.78, 5) is 47.8. The minimum Gasteiger partial charge on any atom is -0.456 e. The molecule has 2 N–H and O–H groups in total. The van der Waals surface area contributed by atoms with Gasteiger partial charge in [-0.15, -0.1) is 0 Å². The molecule has 0 atom stereocenters. The van der Waals surface area contributed by atoms with Gasteiger partial charge in [0.2, 0.25) is 0 Å². The first kappa shape index (κ1) is 38.2. The van der Waals surface area contributed by atoms with Crippen molar-refractivity contribution in [3.8, 4) is 0 Å². The fourth-order valence-corrected chi connectivity index (χ4v) is 2.89. The zero-order valence-electron chi connectivity index (χ0n) is 26.8. The lowest BCUT2D eigenvalue weighted by Crippen LogP contribution is -2.25. The van der Waals surface area contributed by atoms with Crippen LogP contribution in [0.1, 0.15) is 125 Å². The lowest BCUT2D eigenvalue weighted by atomic mass is 10.1. The van der Waals surface area contributed by atoms with Gasteiger partial charge in [-0.05, 0) is 119 Å². The third-order valence-corrected chi connectivity index (χ3v) is 4.26. The molecule has 0 aliphatic rings. The van der Waals surface area contributed by atoms with Gasteiger partial charge in [-0.1, -0.05) is 12.1 Å². The molecule has 0 amide bonds. The van der Waals surface area contributed by atoms with E-state index >= 15 is 0 Å². The molecule has 2 aromatic rings. The van der Waals surface area contributed by atoms with Gasteiger partial charge in [-0.3, -0.25) is 10.5 Å². The van der Waals surface area contributed by atoms with Crippen LogP contribution in [0.2, 0.25) is 0 Å². The second kappa shape index (κ2) is 15.5. The van der Waals surface area contributed by atoms with Crippen molar-refractivity contribution in [2.24, 2.45) is 0 Å². The van der Waals surface area contributed by atoms with E-state index in [1.165, 1.54) is 12.1 Å². The molecule has 0 heterocycles. The van der Waals surface area contributed by atoms with Gasteiger partial charge >= 0.3 is 23.9 Å². The largest absolute Gasteiger partial charge is 0.456 e. The van der Waals surface area contributed by atoms with E-state index in [-0.39, 0.29) is 0 Å². The molecule has 0 saturated heterocycles. The van der Waals surface area contributed by atoms with Crippen LogP contribution >= 0.6 is 0 Å². The Morgan fingerprint density at radius 2 is 0.595 bits per heavy atom. The Kier molecular flexibility index (Phi) is 14.1. The average Bonchev–Trinajstić information content (AvgIpc) is 2.82. The highest BCUT2D eigenvalue weighted by atomic mass is 17.0. The number of hydrogen-bond donors (Lipinski definition) is 2. The Hall–Kier alpha value is -3.76. The quantitative estimate of drug-likeness (QED) is 0.162. The van der Waals surface area contributed by atoms with E-state index in [0.29, 0.717) is 22.3 Å². The Morgan fingerprint density at radius 3 is 0.738 bits per heavy atom. The van der Waals surface area contributed by atoms with Gasteiger partial charge in [0.05, 0.1) is 22.3 Å². The lowest BCUT2D eigenvalue weighted by molar-refractivity contribution is -0.176. The monoisotopic (exact) mass is 590 g/mol. The molecule has 0 saturated carbocycles. The van der Waals surface area contributed by atoms with Crippen LogP contribution in [0.15, 0.2) is 48.5 Å². The second-order valence-electron chi connectivity index (χ2n) is 13.2. The predicted octanol–water partition coefficient (Wildman–Crippen LogP) is 7.21. The van der Waals surface area contributed by atoms with Crippen LogP contribution in [0, 0.1) is 0 Å². The Bertz CT molecular complexity index is 1020. The van der Waals surface area contributed by atoms with Gasteiger partial charge in [0.15, 0.2) is 0 Å². The highest BCUT2D eigenvalue weighted by molar-refractivity contribution is 5.96. The van der Waals surface area contributed by atoms with E-state index in [1.807, 2.05) is 0 Å². The van der Waals surface area contributed by atoms with Crippen molar-refractivity contribution in [2.75, 3.05) is 0 Å². The van der Waals surface area contributed by atoms with Crippen molar-refractivity contribution in [3.05, 3.63) is 70.8 Å². The van der Waals surface area contributed by atoms with Gasteiger partial charge < -0.3 is 18.9 Å². The number of benzene rings is 2. The minimum absolute atomic E-state index is 0.336. The normalized spacial score (nSPS) is 11.5. The van der Waals surface area contributed by atoms with Crippen LogP contribution in [0.4, 0.5) is 0 Å². The van der Waals surface area contributed by atoms with Gasteiger partial charge in [0.1, 0.15) is 22.4 Å². The first-order chi connectivity index (χ1) is 19.0. The average molecular weight is 591 g/mol. The number of esters is 4. The molecule has 10 heteroatoms. The summed E-state index contributed by atoms with van der Waals surface area (Å²) in [5, 5.41) is 12.0. The van der Waals surface area contributed by atoms with E-state index in [9.17, 15) is 19.2 Å². The van der Waals surface area contributed by atoms with Crippen LogP contribution in [-0.2, 0) is 18.9 Å². The maximum Gasteiger partial charge on any atom is 0.338 e. The maximum absolute atomic E-state index is 11.9. The number of ether oxygens (including phenoxy) is 4. The molecule has 0 aliphatic heterocycles. The molecule has 42 heavy (non-hydrogen) atoms. The molecule has 0 fully saturated rings. The highest BCUT2D eigenvalue weighted by Crippen LogP contribution is 2.18. The van der Waals surface area contributed by atoms with E-state index in [0.717, 1.165) is 0 Å². The summed E-state index contributed by atoms with van der Waals surface area (Å²) < 4.78 is 21.1. The SMILES string of the molecule is CC(C)(C)OC(=O)c1cccc(C(=O)OC(C)(C)C)c1.CC(C)(C)OC(=O)c1cccc(C(=O)OC(C)(C)C)c1.OO. The number of carbonyl (C=O) groups is 4. The van der Waals surface area contributed by atoms with Crippen molar-refractivity contribution in [1.29, 1.82) is 0 Å². The number of hydrogen-bond acceptors (Lipinski definition) is 10. The van der Waals surface area contributed by atoms with Crippen LogP contribution in [-0.4, -0.2) is 56.8 Å². The molecule has 0 unspecified atom stereocenters. The Morgan fingerprint density at radius 1 is 0.429 bits per heavy atom. The van der Waals surface area contributed by atoms with Gasteiger partial charge in [0, 0.05) is 0 Å². The first-order valence-electron chi connectivity index (χ1n) is 13.3. The summed E-state index contributed by atoms with van der Waals surface area (Å²) in [7, 11) is 0. The lowest BCUT2D eigenvalue weighted by Gasteiger charge is -2.21. The van der Waals surface area contributed by atoms with E-state index < -0.39 is 46.3 Å². The van der Waals surface area contributed by atoms with Crippen LogP contribution in [0.3, 0.4) is 0 Å². The number of rotatable bonds is 4. The second-order valence-corrected chi connectivity index (χ2v) is 13.2. The molecule has 0 bridgehead atoms. The summed E-state index contributed by atoms with van der Waals surface area (Å²) >= 11 is 0. The summed E-state index contributed by atoms with van der Waals surface area (Å²) in [6.07, 6.45) is 0. The third kappa shape index (κ3) is 16.5. The standard InChI is InChI=1S/2C16H22O4.H2O2/c2*1-15(2,3)19-13(17)11-8-7-9-12(10-11)14(18)20-16(4,5)6;1-2/h2*7-10H,1-6H3;1-2H. The van der Waals surface area contributed by atoms with Crippen molar-refractivity contribution in [1.82, 2.24) is 0 Å². The van der Waals surface area contributed by atoms with Gasteiger partial charge in [-0.2, -0.15) is 0 Å². The van der Waals surface area contributed by atoms with Crippen LogP contribution < -0.4 is 0 Å². The molecular formula is C32H46O10. The van der Waals surface area contributed by atoms with Crippen molar-refractivity contribution >= 4 is 23.9 Å². The zero-order valence-corrected chi connectivity index (χ0v) is 26.8. The van der Waals surface area contributed by atoms with Gasteiger partial charge in [0.25, 0.3) is 0 Å². The Balaban J connectivity index is 0.000000756. The predicted molar refractivity (Wildman–Crippen MR) is 159 cm³/mol. The van der Waals surface area contributed by atoms with Crippen LogP contribution in [0.5, 0.6) is 0 Å². The van der Waals surface area contributed by atoms with Gasteiger partial charge in [-0.25, -0.2) is 19.2 Å². The van der Waals surface area contributed by atoms with E-state index in [4.69, 9.17) is 29.5 Å². The Labute approximate surface area is 248 Å². The van der Waals surface area contributed by atoms with E-state index in [1.54, 1.807) is 119 Å². The fourth-order valence-electron chi connectivity index (χ4n) is 2.89. The summed E-state index contributed by atoms with van der Waals surface area (Å²) in [6, 6.07) is 12.7. The van der Waals surface area contributed by atoms with Crippen molar-refractivity contribution in [2.45, 2.75) is 105 Å². The topological polar surface area (TPSA) is 146 Å². The fraction of sp³-hybridized carbons (Fsp3) is 0.500. The minimum atomic E-state index is -0.570. The van der Waals surface area contributed by atoms with E-state index in [2.05, 4.69) is 0 Å². The molecular weight excluding hydrogens is 544 g/mol. The molecule has 10 nitrogen and oxygen atoms in total. The first-order valence-corrected chi connectivity index (χ1v) is 13.3. The summed E-state index contributed by atoms with van der Waals surface area (Å²) in [5.41, 5.74) is -0.936. The van der Waals surface area contributed by atoms with Crippen LogP contribution in [0.25, 0.3) is 0 Å². The molecule has 0 spiro atoms. The summed E-state index contributed by atoms with van der Waals surface area (Å²) in [5.74, 6) is -1.82. The number of carbonyl (C=O) groups excluding carboxylic acids is 4. The molecule has 0 aliphatic carbocycles. The summed E-state index contributed by atoms with van der Waals surface area (Å²) in [6.45, 7) is 21.5. The van der Waals surface area contributed by atoms with Crippen molar-refractivity contribution in [3.63, 3.8) is 0 Å². The molecule has 2 rings (SSSR count). The third-order valence-electron chi connectivity index (χ3n) is 4.26. The zero-order chi connectivity index (χ0) is 33.1. The maximum atomic E-state index is 11.9. The van der Waals surface area contributed by atoms with Crippen molar-refractivity contribution < 1.29 is 48.6 Å². The molecule has 2 aromatic carbocycles. The molecule has 0 aromatic heterocycles.